The van der Waals surface area contributed by atoms with E-state index in [0.29, 0.717) is 11.3 Å². The van der Waals surface area contributed by atoms with Gasteiger partial charge in [0.2, 0.25) is 0 Å². The van der Waals surface area contributed by atoms with Crippen LogP contribution in [0.25, 0.3) is 0 Å². The number of ether oxygens (including phenoxy) is 1. The van der Waals surface area contributed by atoms with E-state index < -0.39 is 0 Å². The van der Waals surface area contributed by atoms with Crippen LogP contribution in [0.1, 0.15) is 30.0 Å². The van der Waals surface area contributed by atoms with Gasteiger partial charge in [-0.25, -0.2) is 0 Å². The lowest BCUT2D eigenvalue weighted by atomic mass is 10.1. The van der Waals surface area contributed by atoms with Crippen LogP contribution < -0.4 is 4.74 Å². The van der Waals surface area contributed by atoms with Gasteiger partial charge in [0.25, 0.3) is 0 Å². The van der Waals surface area contributed by atoms with E-state index in [-0.39, 0.29) is 0 Å². The smallest absolute Gasteiger partial charge is 0.145 e. The summed E-state index contributed by atoms with van der Waals surface area (Å²) in [5.41, 5.74) is 2.93. The molecule has 0 unspecified atom stereocenters. The largest absolute Gasteiger partial charge is 0.456 e. The molecule has 0 heterocycles. The minimum absolute atomic E-state index is 0.567. The molecule has 0 spiro atoms. The molecule has 0 N–H and O–H groups in total. The predicted molar refractivity (Wildman–Crippen MR) is 76.4 cm³/mol. The Hall–Kier alpha value is -2.27. The van der Waals surface area contributed by atoms with Gasteiger partial charge in [-0.05, 0) is 48.7 Å². The highest BCUT2D eigenvalue weighted by Crippen LogP contribution is 2.26. The minimum atomic E-state index is 0.567. The molecule has 0 aromatic heterocycles. The lowest BCUT2D eigenvalue weighted by Crippen LogP contribution is -1.90. The maximum absolute atomic E-state index is 9.10. The maximum atomic E-state index is 9.10. The number of benzene rings is 2. The second-order valence-corrected chi connectivity index (χ2v) is 4.61. The van der Waals surface area contributed by atoms with Crippen LogP contribution in [0.5, 0.6) is 11.5 Å². The van der Waals surface area contributed by atoms with Crippen LogP contribution in [0.4, 0.5) is 0 Å². The number of rotatable bonds is 4. The van der Waals surface area contributed by atoms with Crippen molar-refractivity contribution in [3.8, 4) is 17.6 Å². The van der Waals surface area contributed by atoms with E-state index in [4.69, 9.17) is 10.00 Å². The van der Waals surface area contributed by atoms with Gasteiger partial charge in [-0.3, -0.25) is 0 Å². The van der Waals surface area contributed by atoms with Crippen LogP contribution in [0, 0.1) is 18.3 Å². The maximum Gasteiger partial charge on any atom is 0.145 e. The molecule has 2 aromatic rings. The summed E-state index contributed by atoms with van der Waals surface area (Å²) in [6.45, 7) is 4.13. The third kappa shape index (κ3) is 3.35. The van der Waals surface area contributed by atoms with Crippen molar-refractivity contribution in [1.82, 2.24) is 0 Å². The highest BCUT2D eigenvalue weighted by atomic mass is 16.5. The van der Waals surface area contributed by atoms with Crippen LogP contribution in [0.2, 0.25) is 0 Å². The third-order valence-corrected chi connectivity index (χ3v) is 2.95. The van der Waals surface area contributed by atoms with E-state index in [1.807, 2.05) is 37.3 Å². The summed E-state index contributed by atoms with van der Waals surface area (Å²) in [5, 5.41) is 9.10. The molecule has 2 rings (SSSR count). The number of nitrogens with zero attached hydrogens (tertiary/aromatic N) is 1. The summed E-state index contributed by atoms with van der Waals surface area (Å²) < 4.78 is 5.77. The van der Waals surface area contributed by atoms with Crippen molar-refractivity contribution < 1.29 is 4.74 Å². The van der Waals surface area contributed by atoms with Gasteiger partial charge in [-0.15, -0.1) is 0 Å². The number of hydrogen-bond donors (Lipinski definition) is 0. The summed E-state index contributed by atoms with van der Waals surface area (Å²) in [6.07, 6.45) is 2.21. The fourth-order valence-corrected chi connectivity index (χ4v) is 1.96. The SMILES string of the molecule is CCCc1ccc(Oc2ccc(C)cc2C#N)cc1. The first kappa shape index (κ1) is 13.2. The molecule has 0 atom stereocenters. The molecule has 2 aromatic carbocycles. The quantitative estimate of drug-likeness (QED) is 0.794. The third-order valence-electron chi connectivity index (χ3n) is 2.95. The van der Waals surface area contributed by atoms with Crippen molar-refractivity contribution >= 4 is 0 Å². The van der Waals surface area contributed by atoms with Crippen LogP contribution in [0.3, 0.4) is 0 Å². The van der Waals surface area contributed by atoms with E-state index in [0.717, 1.165) is 24.2 Å². The van der Waals surface area contributed by atoms with Gasteiger partial charge in [0.15, 0.2) is 0 Å². The average molecular weight is 251 g/mol. The van der Waals surface area contributed by atoms with Crippen molar-refractivity contribution in [2.45, 2.75) is 26.7 Å². The second kappa shape index (κ2) is 6.06. The lowest BCUT2D eigenvalue weighted by molar-refractivity contribution is 0.480. The molecule has 2 heteroatoms. The monoisotopic (exact) mass is 251 g/mol. The fraction of sp³-hybridized carbons (Fsp3) is 0.235. The van der Waals surface area contributed by atoms with E-state index in [9.17, 15) is 0 Å². The summed E-state index contributed by atoms with van der Waals surface area (Å²) in [6, 6.07) is 15.8. The first-order valence-corrected chi connectivity index (χ1v) is 6.50. The zero-order valence-corrected chi connectivity index (χ0v) is 11.3. The molecule has 19 heavy (non-hydrogen) atoms. The molecule has 0 saturated heterocycles. The normalized spacial score (nSPS) is 9.95. The molecule has 0 aliphatic rings. The number of hydrogen-bond acceptors (Lipinski definition) is 2. The van der Waals surface area contributed by atoms with E-state index in [1.165, 1.54) is 5.56 Å². The van der Waals surface area contributed by atoms with E-state index >= 15 is 0 Å². The first-order chi connectivity index (χ1) is 9.22. The molecular formula is C17H17NO. The minimum Gasteiger partial charge on any atom is -0.456 e. The van der Waals surface area contributed by atoms with Gasteiger partial charge >= 0.3 is 0 Å². The Balaban J connectivity index is 2.19. The molecule has 2 nitrogen and oxygen atoms in total. The Bertz CT molecular complexity index is 594. The summed E-state index contributed by atoms with van der Waals surface area (Å²) in [5.74, 6) is 1.37. The Morgan fingerprint density at radius 1 is 1.11 bits per heavy atom. The lowest BCUT2D eigenvalue weighted by Gasteiger charge is -2.08. The van der Waals surface area contributed by atoms with Crippen LogP contribution >= 0.6 is 0 Å². The first-order valence-electron chi connectivity index (χ1n) is 6.50. The average Bonchev–Trinajstić information content (AvgIpc) is 2.43. The molecular weight excluding hydrogens is 234 g/mol. The number of aryl methyl sites for hydroxylation is 2. The summed E-state index contributed by atoms with van der Waals surface area (Å²) >= 11 is 0. The topological polar surface area (TPSA) is 33.0 Å². The number of nitriles is 1. The Kier molecular flexibility index (Phi) is 4.20. The molecule has 0 aliphatic carbocycles. The standard InChI is InChI=1S/C17H17NO/c1-3-4-14-6-8-16(9-7-14)19-17-10-5-13(2)11-15(17)12-18/h5-11H,3-4H2,1-2H3. The van der Waals surface area contributed by atoms with Crippen molar-refractivity contribution in [3.63, 3.8) is 0 Å². The van der Waals surface area contributed by atoms with Crippen molar-refractivity contribution in [2.75, 3.05) is 0 Å². The second-order valence-electron chi connectivity index (χ2n) is 4.61. The Morgan fingerprint density at radius 3 is 2.47 bits per heavy atom. The van der Waals surface area contributed by atoms with E-state index in [1.54, 1.807) is 0 Å². The van der Waals surface area contributed by atoms with Gasteiger partial charge < -0.3 is 4.74 Å². The van der Waals surface area contributed by atoms with Crippen LogP contribution in [-0.2, 0) is 6.42 Å². The fourth-order valence-electron chi connectivity index (χ4n) is 1.96. The summed E-state index contributed by atoms with van der Waals surface area (Å²) in [7, 11) is 0. The highest BCUT2D eigenvalue weighted by Gasteiger charge is 2.04. The Morgan fingerprint density at radius 2 is 1.84 bits per heavy atom. The highest BCUT2D eigenvalue weighted by molar-refractivity contribution is 5.47. The predicted octanol–water partition coefficient (Wildman–Crippen LogP) is 4.61. The van der Waals surface area contributed by atoms with Gasteiger partial charge in [-0.2, -0.15) is 5.26 Å². The molecule has 0 radical (unpaired) electrons. The van der Waals surface area contributed by atoms with Crippen LogP contribution in [-0.4, -0.2) is 0 Å². The summed E-state index contributed by atoms with van der Waals surface area (Å²) in [4.78, 5) is 0. The van der Waals surface area contributed by atoms with Crippen molar-refractivity contribution in [2.24, 2.45) is 0 Å². The van der Waals surface area contributed by atoms with Gasteiger partial charge in [0.05, 0.1) is 5.56 Å². The molecule has 0 saturated carbocycles. The zero-order chi connectivity index (χ0) is 13.7. The molecule has 0 fully saturated rings. The van der Waals surface area contributed by atoms with Gasteiger partial charge in [-0.1, -0.05) is 31.5 Å². The molecule has 0 aliphatic heterocycles. The van der Waals surface area contributed by atoms with Crippen LogP contribution in [0.15, 0.2) is 42.5 Å². The van der Waals surface area contributed by atoms with Crippen molar-refractivity contribution in [1.29, 1.82) is 5.26 Å². The molecule has 0 amide bonds. The van der Waals surface area contributed by atoms with E-state index in [2.05, 4.69) is 25.1 Å². The molecule has 96 valence electrons. The Labute approximate surface area is 114 Å². The van der Waals surface area contributed by atoms with Gasteiger partial charge in [0.1, 0.15) is 17.6 Å². The zero-order valence-electron chi connectivity index (χ0n) is 11.3. The van der Waals surface area contributed by atoms with Gasteiger partial charge in [0, 0.05) is 0 Å². The molecule has 0 bridgehead atoms. The van der Waals surface area contributed by atoms with Crippen molar-refractivity contribution in [3.05, 3.63) is 59.2 Å².